The Balaban J connectivity index is 2.26. The van der Waals surface area contributed by atoms with E-state index in [1.807, 2.05) is 12.1 Å². The number of nitrogens with two attached hydrogens (primary N) is 1. The summed E-state index contributed by atoms with van der Waals surface area (Å²) in [6, 6.07) is 6.07. The number of aryl methyl sites for hydroxylation is 1. The monoisotopic (exact) mass is 176 g/mol. The number of hydrogen-bond acceptors (Lipinski definition) is 3. The standard InChI is InChI=1S/C10H12N2O/c11-5-1-2-8-3-4-9-10(6-8)13-7-12-9/h3-4,6-7H,1-2,5,11H2. The quantitative estimate of drug-likeness (QED) is 0.774. The van der Waals surface area contributed by atoms with E-state index in [4.69, 9.17) is 10.2 Å². The molecular formula is C10H12N2O. The molecule has 0 bridgehead atoms. The topological polar surface area (TPSA) is 52.0 Å². The number of nitrogens with zero attached hydrogens (tertiary/aromatic N) is 1. The summed E-state index contributed by atoms with van der Waals surface area (Å²) in [5.74, 6) is 0. The Morgan fingerprint density at radius 3 is 3.15 bits per heavy atom. The smallest absolute Gasteiger partial charge is 0.181 e. The lowest BCUT2D eigenvalue weighted by molar-refractivity contribution is 0.601. The van der Waals surface area contributed by atoms with Gasteiger partial charge in [-0.25, -0.2) is 4.98 Å². The van der Waals surface area contributed by atoms with Crippen molar-refractivity contribution in [2.24, 2.45) is 5.73 Å². The summed E-state index contributed by atoms with van der Waals surface area (Å²) in [7, 11) is 0. The van der Waals surface area contributed by atoms with Crippen LogP contribution in [-0.4, -0.2) is 11.5 Å². The van der Waals surface area contributed by atoms with Crippen LogP contribution in [-0.2, 0) is 6.42 Å². The number of aromatic nitrogens is 1. The molecule has 0 radical (unpaired) electrons. The molecule has 0 fully saturated rings. The summed E-state index contributed by atoms with van der Waals surface area (Å²) in [6.45, 7) is 0.731. The zero-order valence-corrected chi connectivity index (χ0v) is 7.36. The number of oxazole rings is 1. The minimum Gasteiger partial charge on any atom is -0.443 e. The highest BCUT2D eigenvalue weighted by Gasteiger charge is 1.99. The van der Waals surface area contributed by atoms with Gasteiger partial charge in [-0.3, -0.25) is 0 Å². The molecule has 2 aromatic rings. The molecule has 1 heterocycles. The third kappa shape index (κ3) is 1.70. The van der Waals surface area contributed by atoms with E-state index in [-0.39, 0.29) is 0 Å². The van der Waals surface area contributed by atoms with E-state index in [0.717, 1.165) is 30.5 Å². The van der Waals surface area contributed by atoms with E-state index in [0.29, 0.717) is 0 Å². The first-order valence-electron chi connectivity index (χ1n) is 4.42. The molecule has 0 aliphatic heterocycles. The maximum Gasteiger partial charge on any atom is 0.181 e. The van der Waals surface area contributed by atoms with Crippen molar-refractivity contribution in [1.29, 1.82) is 0 Å². The van der Waals surface area contributed by atoms with E-state index >= 15 is 0 Å². The summed E-state index contributed by atoms with van der Waals surface area (Å²) in [4.78, 5) is 4.05. The van der Waals surface area contributed by atoms with Gasteiger partial charge in [-0.1, -0.05) is 6.07 Å². The molecule has 0 aliphatic rings. The van der Waals surface area contributed by atoms with Crippen LogP contribution >= 0.6 is 0 Å². The van der Waals surface area contributed by atoms with Crippen LogP contribution in [0.5, 0.6) is 0 Å². The molecule has 0 spiro atoms. The minimum absolute atomic E-state index is 0.731. The maximum atomic E-state index is 5.43. The fourth-order valence-electron chi connectivity index (χ4n) is 1.36. The predicted octanol–water partition coefficient (Wildman–Crippen LogP) is 1.72. The highest BCUT2D eigenvalue weighted by Crippen LogP contribution is 2.14. The fourth-order valence-corrected chi connectivity index (χ4v) is 1.36. The molecule has 2 rings (SSSR count). The molecule has 2 N–H and O–H groups in total. The lowest BCUT2D eigenvalue weighted by atomic mass is 10.1. The Bertz CT molecular complexity index is 394. The van der Waals surface area contributed by atoms with E-state index < -0.39 is 0 Å². The van der Waals surface area contributed by atoms with Crippen molar-refractivity contribution in [3.63, 3.8) is 0 Å². The maximum absolute atomic E-state index is 5.43. The zero-order valence-electron chi connectivity index (χ0n) is 7.36. The van der Waals surface area contributed by atoms with Crippen LogP contribution in [0.3, 0.4) is 0 Å². The average molecular weight is 176 g/mol. The Morgan fingerprint density at radius 1 is 1.38 bits per heavy atom. The van der Waals surface area contributed by atoms with Gasteiger partial charge in [-0.05, 0) is 37.1 Å². The molecule has 0 amide bonds. The van der Waals surface area contributed by atoms with Crippen molar-refractivity contribution in [2.45, 2.75) is 12.8 Å². The highest BCUT2D eigenvalue weighted by atomic mass is 16.3. The van der Waals surface area contributed by atoms with Crippen molar-refractivity contribution in [3.8, 4) is 0 Å². The van der Waals surface area contributed by atoms with Crippen LogP contribution in [0, 0.1) is 0 Å². The molecule has 3 nitrogen and oxygen atoms in total. The van der Waals surface area contributed by atoms with Gasteiger partial charge >= 0.3 is 0 Å². The van der Waals surface area contributed by atoms with Gasteiger partial charge in [0.05, 0.1) is 0 Å². The second-order valence-electron chi connectivity index (χ2n) is 3.05. The molecule has 1 aromatic heterocycles. The number of rotatable bonds is 3. The van der Waals surface area contributed by atoms with Gasteiger partial charge < -0.3 is 10.2 Å². The van der Waals surface area contributed by atoms with Crippen LogP contribution in [0.1, 0.15) is 12.0 Å². The van der Waals surface area contributed by atoms with Crippen molar-refractivity contribution in [3.05, 3.63) is 30.2 Å². The van der Waals surface area contributed by atoms with Gasteiger partial charge in [-0.15, -0.1) is 0 Å². The lowest BCUT2D eigenvalue weighted by Crippen LogP contribution is -2.00. The van der Waals surface area contributed by atoms with E-state index in [1.165, 1.54) is 12.0 Å². The van der Waals surface area contributed by atoms with Crippen LogP contribution in [0.15, 0.2) is 29.0 Å². The third-order valence-corrected chi connectivity index (χ3v) is 2.07. The summed E-state index contributed by atoms with van der Waals surface area (Å²) >= 11 is 0. The Hall–Kier alpha value is -1.35. The SMILES string of the molecule is NCCCc1ccc2ncoc2c1. The molecule has 13 heavy (non-hydrogen) atoms. The van der Waals surface area contributed by atoms with Gasteiger partial charge in [0, 0.05) is 0 Å². The second kappa shape index (κ2) is 3.58. The van der Waals surface area contributed by atoms with Gasteiger partial charge in [0.2, 0.25) is 0 Å². The number of hydrogen-bond donors (Lipinski definition) is 1. The van der Waals surface area contributed by atoms with E-state index in [2.05, 4.69) is 11.1 Å². The highest BCUT2D eigenvalue weighted by molar-refractivity contribution is 5.72. The lowest BCUT2D eigenvalue weighted by Gasteiger charge is -1.97. The predicted molar refractivity (Wildman–Crippen MR) is 51.4 cm³/mol. The van der Waals surface area contributed by atoms with Crippen molar-refractivity contribution >= 4 is 11.1 Å². The summed E-state index contributed by atoms with van der Waals surface area (Å²) in [6.07, 6.45) is 3.49. The Labute approximate surface area is 76.6 Å². The average Bonchev–Trinajstić information content (AvgIpc) is 2.61. The van der Waals surface area contributed by atoms with Crippen LogP contribution in [0.4, 0.5) is 0 Å². The van der Waals surface area contributed by atoms with Crippen LogP contribution in [0.2, 0.25) is 0 Å². The zero-order chi connectivity index (χ0) is 9.10. The Morgan fingerprint density at radius 2 is 2.31 bits per heavy atom. The first kappa shape index (κ1) is 8.26. The van der Waals surface area contributed by atoms with Crippen LogP contribution < -0.4 is 5.73 Å². The molecule has 1 aromatic carbocycles. The summed E-state index contributed by atoms with van der Waals surface area (Å²) in [5, 5.41) is 0. The Kier molecular flexibility index (Phi) is 2.27. The normalized spacial score (nSPS) is 10.8. The molecular weight excluding hydrogens is 164 g/mol. The number of benzene rings is 1. The second-order valence-corrected chi connectivity index (χ2v) is 3.05. The molecule has 0 unspecified atom stereocenters. The first-order valence-corrected chi connectivity index (χ1v) is 4.42. The third-order valence-electron chi connectivity index (χ3n) is 2.07. The molecule has 68 valence electrons. The largest absolute Gasteiger partial charge is 0.443 e. The van der Waals surface area contributed by atoms with Gasteiger partial charge in [-0.2, -0.15) is 0 Å². The van der Waals surface area contributed by atoms with Gasteiger partial charge in [0.25, 0.3) is 0 Å². The van der Waals surface area contributed by atoms with Crippen molar-refractivity contribution in [1.82, 2.24) is 4.98 Å². The van der Waals surface area contributed by atoms with Crippen LogP contribution in [0.25, 0.3) is 11.1 Å². The van der Waals surface area contributed by atoms with Crippen molar-refractivity contribution in [2.75, 3.05) is 6.54 Å². The van der Waals surface area contributed by atoms with Gasteiger partial charge in [0.1, 0.15) is 5.52 Å². The molecule has 0 saturated heterocycles. The fraction of sp³-hybridized carbons (Fsp3) is 0.300. The molecule has 0 aliphatic carbocycles. The van der Waals surface area contributed by atoms with Crippen molar-refractivity contribution < 1.29 is 4.42 Å². The molecule has 0 saturated carbocycles. The van der Waals surface area contributed by atoms with Gasteiger partial charge in [0.15, 0.2) is 12.0 Å². The summed E-state index contributed by atoms with van der Waals surface area (Å²) in [5.41, 5.74) is 8.46. The summed E-state index contributed by atoms with van der Waals surface area (Å²) < 4.78 is 5.20. The molecule has 0 atom stereocenters. The molecule has 3 heteroatoms. The van der Waals surface area contributed by atoms with E-state index in [9.17, 15) is 0 Å². The minimum atomic E-state index is 0.731. The first-order chi connectivity index (χ1) is 6.40. The van der Waals surface area contributed by atoms with E-state index in [1.54, 1.807) is 0 Å². The number of fused-ring (bicyclic) bond motifs is 1.